The molecule has 0 aliphatic heterocycles. The maximum absolute atomic E-state index is 13.6. The van der Waals surface area contributed by atoms with E-state index in [-0.39, 0.29) is 28.7 Å². The van der Waals surface area contributed by atoms with Crippen LogP contribution in [0.5, 0.6) is 0 Å². The van der Waals surface area contributed by atoms with E-state index in [0.717, 1.165) is 24.3 Å². The fourth-order valence-corrected chi connectivity index (χ4v) is 6.51. The lowest BCUT2D eigenvalue weighted by molar-refractivity contribution is -0.138. The van der Waals surface area contributed by atoms with Gasteiger partial charge in [0, 0.05) is 13.1 Å². The zero-order chi connectivity index (χ0) is 19.4. The molecule has 2 N–H and O–H groups in total. The fourth-order valence-electron chi connectivity index (χ4n) is 6.51. The predicted octanol–water partition coefficient (Wildman–Crippen LogP) is 5.02. The lowest BCUT2D eigenvalue weighted by Crippen LogP contribution is -2.50. The van der Waals surface area contributed by atoms with Crippen molar-refractivity contribution >= 4 is 5.97 Å². The second-order valence-electron chi connectivity index (χ2n) is 9.10. The lowest BCUT2D eigenvalue weighted by Gasteiger charge is -2.57. The van der Waals surface area contributed by atoms with Gasteiger partial charge in [0.2, 0.25) is 0 Å². The number of alkyl halides is 3. The highest BCUT2D eigenvalue weighted by atomic mass is 19.4. The summed E-state index contributed by atoms with van der Waals surface area (Å²) in [5, 5.41) is 12.4. The molecule has 148 valence electrons. The van der Waals surface area contributed by atoms with Gasteiger partial charge < -0.3 is 10.4 Å². The van der Waals surface area contributed by atoms with E-state index in [1.165, 1.54) is 57.6 Å². The van der Waals surface area contributed by atoms with Crippen molar-refractivity contribution in [3.63, 3.8) is 0 Å². The van der Waals surface area contributed by atoms with E-state index in [1.54, 1.807) is 0 Å². The highest BCUT2D eigenvalue weighted by Crippen LogP contribution is 2.59. The molecule has 27 heavy (non-hydrogen) atoms. The number of hydrogen-bond donors (Lipinski definition) is 2. The summed E-state index contributed by atoms with van der Waals surface area (Å²) in [4.78, 5) is 11.2. The minimum Gasteiger partial charge on any atom is -0.478 e. The van der Waals surface area contributed by atoms with Gasteiger partial charge in [0.25, 0.3) is 0 Å². The van der Waals surface area contributed by atoms with Crippen LogP contribution in [-0.4, -0.2) is 17.6 Å². The van der Waals surface area contributed by atoms with Crippen LogP contribution < -0.4 is 5.32 Å². The van der Waals surface area contributed by atoms with Gasteiger partial charge in [-0.25, -0.2) is 4.79 Å². The summed E-state index contributed by atoms with van der Waals surface area (Å²) < 4.78 is 40.7. The van der Waals surface area contributed by atoms with Crippen molar-refractivity contribution in [1.29, 1.82) is 0 Å². The SMILES string of the molecule is Cc1c(C(=O)O)ccc(CNCC23CC4CC(CC(C4)C2)C3)c1C(F)(F)F. The highest BCUT2D eigenvalue weighted by molar-refractivity contribution is 5.90. The van der Waals surface area contributed by atoms with Crippen molar-refractivity contribution in [3.8, 4) is 0 Å². The van der Waals surface area contributed by atoms with Gasteiger partial charge in [-0.2, -0.15) is 13.2 Å². The van der Waals surface area contributed by atoms with Crippen molar-refractivity contribution in [1.82, 2.24) is 5.32 Å². The average molecular weight is 381 g/mol. The van der Waals surface area contributed by atoms with Crippen molar-refractivity contribution in [2.75, 3.05) is 6.54 Å². The normalized spacial score (nSPS) is 32.1. The topological polar surface area (TPSA) is 49.3 Å². The minimum absolute atomic E-state index is 0.122. The second-order valence-corrected chi connectivity index (χ2v) is 9.10. The lowest BCUT2D eigenvalue weighted by atomic mass is 9.49. The number of hydrogen-bond acceptors (Lipinski definition) is 2. The van der Waals surface area contributed by atoms with Crippen LogP contribution in [0.3, 0.4) is 0 Å². The maximum Gasteiger partial charge on any atom is 0.417 e. The number of carboxylic acid groups (broad SMARTS) is 1. The van der Waals surface area contributed by atoms with Crippen molar-refractivity contribution in [2.24, 2.45) is 23.2 Å². The van der Waals surface area contributed by atoms with Gasteiger partial charge in [-0.15, -0.1) is 0 Å². The fraction of sp³-hybridized carbons (Fsp3) is 0.667. The Morgan fingerprint density at radius 2 is 1.70 bits per heavy atom. The summed E-state index contributed by atoms with van der Waals surface area (Å²) >= 11 is 0. The minimum atomic E-state index is -4.56. The molecule has 0 heterocycles. The van der Waals surface area contributed by atoms with E-state index in [0.29, 0.717) is 0 Å². The molecule has 0 saturated heterocycles. The Balaban J connectivity index is 1.50. The Kier molecular flexibility index (Phi) is 4.53. The van der Waals surface area contributed by atoms with E-state index >= 15 is 0 Å². The average Bonchev–Trinajstić information content (AvgIpc) is 2.51. The van der Waals surface area contributed by atoms with Crippen molar-refractivity contribution < 1.29 is 23.1 Å². The number of carboxylic acids is 1. The van der Waals surface area contributed by atoms with Crippen LogP contribution >= 0.6 is 0 Å². The molecule has 0 spiro atoms. The van der Waals surface area contributed by atoms with E-state index < -0.39 is 17.7 Å². The van der Waals surface area contributed by atoms with Gasteiger partial charge in [0.1, 0.15) is 0 Å². The molecule has 4 bridgehead atoms. The summed E-state index contributed by atoms with van der Waals surface area (Å²) in [5.41, 5.74) is -0.908. The van der Waals surface area contributed by atoms with E-state index in [9.17, 15) is 18.0 Å². The van der Waals surface area contributed by atoms with Gasteiger partial charge in [-0.05, 0) is 85.8 Å². The summed E-state index contributed by atoms with van der Waals surface area (Å²) in [5.74, 6) is 1.09. The Labute approximate surface area is 157 Å². The van der Waals surface area contributed by atoms with Crippen molar-refractivity contribution in [2.45, 2.75) is 58.2 Å². The molecule has 1 aromatic rings. The molecule has 0 amide bonds. The molecular weight excluding hydrogens is 355 g/mol. The summed E-state index contributed by atoms with van der Waals surface area (Å²) in [6.45, 7) is 2.12. The third kappa shape index (κ3) is 3.48. The van der Waals surface area contributed by atoms with Gasteiger partial charge in [0.05, 0.1) is 11.1 Å². The molecule has 4 saturated carbocycles. The Bertz CT molecular complexity index is 721. The molecule has 1 aromatic carbocycles. The number of aromatic carboxylic acids is 1. The molecule has 4 fully saturated rings. The third-order valence-corrected chi connectivity index (χ3v) is 7.05. The van der Waals surface area contributed by atoms with E-state index in [4.69, 9.17) is 5.11 Å². The van der Waals surface area contributed by atoms with Gasteiger partial charge >= 0.3 is 12.1 Å². The molecule has 4 aliphatic rings. The summed E-state index contributed by atoms with van der Waals surface area (Å²) in [6, 6.07) is 2.60. The van der Waals surface area contributed by atoms with Crippen LogP contribution in [-0.2, 0) is 12.7 Å². The largest absolute Gasteiger partial charge is 0.478 e. The Morgan fingerprint density at radius 1 is 1.15 bits per heavy atom. The third-order valence-electron chi connectivity index (χ3n) is 7.05. The van der Waals surface area contributed by atoms with Crippen molar-refractivity contribution in [3.05, 3.63) is 34.4 Å². The molecule has 4 aliphatic carbocycles. The molecule has 0 atom stereocenters. The van der Waals surface area contributed by atoms with Crippen LogP contribution in [0.25, 0.3) is 0 Å². The number of nitrogens with one attached hydrogen (secondary N) is 1. The van der Waals surface area contributed by atoms with Crippen LogP contribution in [0.4, 0.5) is 13.2 Å². The molecule has 0 radical (unpaired) electrons. The maximum atomic E-state index is 13.6. The molecule has 3 nitrogen and oxygen atoms in total. The first-order valence-electron chi connectivity index (χ1n) is 9.80. The first-order valence-corrected chi connectivity index (χ1v) is 9.80. The number of carbonyl (C=O) groups is 1. The highest BCUT2D eigenvalue weighted by Gasteiger charge is 2.50. The Hall–Kier alpha value is -1.56. The predicted molar refractivity (Wildman–Crippen MR) is 95.5 cm³/mol. The van der Waals surface area contributed by atoms with Crippen LogP contribution in [0.2, 0.25) is 0 Å². The van der Waals surface area contributed by atoms with Crippen LogP contribution in [0.1, 0.15) is 65.6 Å². The monoisotopic (exact) mass is 381 g/mol. The number of benzene rings is 1. The molecule has 0 aromatic heterocycles. The molecule has 6 heteroatoms. The zero-order valence-corrected chi connectivity index (χ0v) is 15.5. The first kappa shape index (κ1) is 18.8. The number of halogens is 3. The van der Waals surface area contributed by atoms with Gasteiger partial charge in [-0.3, -0.25) is 0 Å². The van der Waals surface area contributed by atoms with Crippen LogP contribution in [0.15, 0.2) is 12.1 Å². The second kappa shape index (κ2) is 6.50. The quantitative estimate of drug-likeness (QED) is 0.753. The van der Waals surface area contributed by atoms with Gasteiger partial charge in [-0.1, -0.05) is 6.07 Å². The standard InChI is InChI=1S/C21H26F3NO2/c1-12-17(19(26)27)3-2-16(18(12)21(22,23)24)10-25-11-20-7-13-4-14(8-20)6-15(5-13)9-20/h2-3,13-15,25H,4-11H2,1H3,(H,26,27). The zero-order valence-electron chi connectivity index (χ0n) is 15.5. The summed E-state index contributed by atoms with van der Waals surface area (Å²) in [6.07, 6.45) is 3.07. The smallest absolute Gasteiger partial charge is 0.417 e. The van der Waals surface area contributed by atoms with Gasteiger partial charge in [0.15, 0.2) is 0 Å². The van der Waals surface area contributed by atoms with E-state index in [1.807, 2.05) is 0 Å². The molecule has 5 rings (SSSR count). The Morgan fingerprint density at radius 3 is 2.19 bits per heavy atom. The van der Waals surface area contributed by atoms with E-state index in [2.05, 4.69) is 5.32 Å². The summed E-state index contributed by atoms with van der Waals surface area (Å²) in [7, 11) is 0. The first-order chi connectivity index (χ1) is 12.7. The molecule has 0 unspecified atom stereocenters. The van der Waals surface area contributed by atoms with Crippen LogP contribution in [0, 0.1) is 30.1 Å². The number of rotatable bonds is 5. The molecular formula is C21H26F3NO2.